The van der Waals surface area contributed by atoms with Gasteiger partial charge in [-0.2, -0.15) is 0 Å². The van der Waals surface area contributed by atoms with Crippen molar-refractivity contribution in [3.63, 3.8) is 0 Å². The highest BCUT2D eigenvalue weighted by atomic mass is 32.2. The molecule has 0 aliphatic rings. The van der Waals surface area contributed by atoms with Crippen LogP contribution in [0.4, 0.5) is 0 Å². The van der Waals surface area contributed by atoms with E-state index in [1.54, 1.807) is 11.8 Å². The van der Waals surface area contributed by atoms with Gasteiger partial charge in [0.25, 0.3) is 0 Å². The average molecular weight is 198 g/mol. The van der Waals surface area contributed by atoms with Crippen LogP contribution in [0.1, 0.15) is 11.5 Å². The van der Waals surface area contributed by atoms with Gasteiger partial charge in [0.1, 0.15) is 11.5 Å². The van der Waals surface area contributed by atoms with Gasteiger partial charge in [-0.1, -0.05) is 0 Å². The number of furan rings is 1. The van der Waals surface area contributed by atoms with E-state index in [9.17, 15) is 0 Å². The Bertz CT molecular complexity index is 268. The van der Waals surface area contributed by atoms with Crippen molar-refractivity contribution in [1.82, 2.24) is 4.90 Å². The molecule has 1 aromatic rings. The molecule has 0 aromatic carbocycles. The van der Waals surface area contributed by atoms with Crippen molar-refractivity contribution in [2.45, 2.75) is 18.4 Å². The summed E-state index contributed by atoms with van der Waals surface area (Å²) in [4.78, 5) is 3.31. The Balaban J connectivity index is 2.70. The minimum atomic E-state index is 0.849. The molecule has 2 nitrogen and oxygen atoms in total. The number of aryl methyl sites for hydroxylation is 1. The van der Waals surface area contributed by atoms with Crippen LogP contribution in [0.2, 0.25) is 0 Å². The van der Waals surface area contributed by atoms with Crippen LogP contribution in [0.15, 0.2) is 15.4 Å². The van der Waals surface area contributed by atoms with Crippen LogP contribution >= 0.6 is 11.8 Å². The van der Waals surface area contributed by atoms with E-state index in [-0.39, 0.29) is 0 Å². The Morgan fingerprint density at radius 2 is 2.23 bits per heavy atom. The van der Waals surface area contributed by atoms with Gasteiger partial charge in [0.2, 0.25) is 0 Å². The molecular formula is C10H16NOS. The van der Waals surface area contributed by atoms with E-state index < -0.39 is 0 Å². The molecule has 1 heterocycles. The Kier molecular flexibility index (Phi) is 3.88. The first-order valence-electron chi connectivity index (χ1n) is 4.29. The topological polar surface area (TPSA) is 16.4 Å². The van der Waals surface area contributed by atoms with E-state index in [1.165, 1.54) is 4.90 Å². The summed E-state index contributed by atoms with van der Waals surface area (Å²) < 4.78 is 5.59. The van der Waals surface area contributed by atoms with Crippen molar-refractivity contribution in [3.05, 3.63) is 24.5 Å². The fraction of sp³-hybridized carbons (Fsp3) is 0.500. The van der Waals surface area contributed by atoms with Crippen molar-refractivity contribution < 1.29 is 4.42 Å². The summed E-state index contributed by atoms with van der Waals surface area (Å²) in [7, 11) is 4.07. The second-order valence-electron chi connectivity index (χ2n) is 3.22. The fourth-order valence-corrected chi connectivity index (χ4v) is 1.85. The van der Waals surface area contributed by atoms with Crippen molar-refractivity contribution in [3.8, 4) is 0 Å². The predicted octanol–water partition coefficient (Wildman–Crippen LogP) is 2.58. The molecule has 73 valence electrons. The van der Waals surface area contributed by atoms with Crippen LogP contribution in [0.5, 0.6) is 0 Å². The van der Waals surface area contributed by atoms with E-state index in [1.807, 2.05) is 21.0 Å². The smallest absolute Gasteiger partial charge is 0.119 e. The highest BCUT2D eigenvalue weighted by Crippen LogP contribution is 2.25. The lowest BCUT2D eigenvalue weighted by molar-refractivity contribution is 0.345. The fourth-order valence-electron chi connectivity index (χ4n) is 1.17. The van der Waals surface area contributed by atoms with Crippen molar-refractivity contribution in [2.75, 3.05) is 19.8 Å². The minimum Gasteiger partial charge on any atom is -0.464 e. The van der Waals surface area contributed by atoms with Crippen molar-refractivity contribution in [1.29, 1.82) is 0 Å². The van der Waals surface area contributed by atoms with Gasteiger partial charge in [0.05, 0.1) is 6.54 Å². The van der Waals surface area contributed by atoms with E-state index in [0.717, 1.165) is 23.8 Å². The Morgan fingerprint density at radius 3 is 2.77 bits per heavy atom. The van der Waals surface area contributed by atoms with Crippen molar-refractivity contribution >= 4 is 11.8 Å². The molecule has 0 amide bonds. The van der Waals surface area contributed by atoms with E-state index >= 15 is 0 Å². The number of thioether (sulfide) groups is 1. The van der Waals surface area contributed by atoms with Gasteiger partial charge in [-0.05, 0) is 39.8 Å². The summed E-state index contributed by atoms with van der Waals surface area (Å²) in [5.41, 5.74) is 0. The van der Waals surface area contributed by atoms with Gasteiger partial charge in [0.15, 0.2) is 0 Å². The van der Waals surface area contributed by atoms with Gasteiger partial charge in [0, 0.05) is 4.90 Å². The summed E-state index contributed by atoms with van der Waals surface area (Å²) in [6.45, 7) is 6.66. The van der Waals surface area contributed by atoms with Crippen LogP contribution < -0.4 is 0 Å². The SMILES string of the molecule is [CH2]CSc1cc(CN(C)C)oc1C. The first kappa shape index (κ1) is 10.7. The molecule has 3 heteroatoms. The average Bonchev–Trinajstić information content (AvgIpc) is 2.31. The van der Waals surface area contributed by atoms with Crippen LogP contribution in [-0.2, 0) is 6.54 Å². The van der Waals surface area contributed by atoms with Gasteiger partial charge < -0.3 is 9.32 Å². The molecule has 1 rings (SSSR count). The van der Waals surface area contributed by atoms with Crippen LogP contribution in [-0.4, -0.2) is 24.7 Å². The number of hydrogen-bond donors (Lipinski definition) is 0. The Hall–Kier alpha value is -0.410. The highest BCUT2D eigenvalue weighted by molar-refractivity contribution is 7.99. The summed E-state index contributed by atoms with van der Waals surface area (Å²) in [6.07, 6.45) is 0. The maximum Gasteiger partial charge on any atom is 0.119 e. The molecule has 0 spiro atoms. The number of nitrogens with zero attached hydrogens (tertiary/aromatic N) is 1. The standard InChI is InChI=1S/C10H16NOS/c1-5-13-10-6-9(7-11(3)4)12-8(10)2/h6H,1,5,7H2,2-4H3. The lowest BCUT2D eigenvalue weighted by atomic mass is 10.4. The third-order valence-corrected chi connectivity index (χ3v) is 2.57. The lowest BCUT2D eigenvalue weighted by Gasteiger charge is -2.05. The largest absolute Gasteiger partial charge is 0.464 e. The second-order valence-corrected chi connectivity index (χ2v) is 4.36. The summed E-state index contributed by atoms with van der Waals surface area (Å²) in [6, 6.07) is 2.10. The number of hydrogen-bond acceptors (Lipinski definition) is 3. The third kappa shape index (κ3) is 3.08. The molecule has 0 aliphatic heterocycles. The van der Waals surface area contributed by atoms with E-state index in [2.05, 4.69) is 17.9 Å². The molecule has 13 heavy (non-hydrogen) atoms. The molecular weight excluding hydrogens is 182 g/mol. The van der Waals surface area contributed by atoms with Crippen molar-refractivity contribution in [2.24, 2.45) is 0 Å². The first-order chi connectivity index (χ1) is 6.13. The molecule has 1 aromatic heterocycles. The predicted molar refractivity (Wildman–Crippen MR) is 56.9 cm³/mol. The number of rotatable bonds is 4. The third-order valence-electron chi connectivity index (χ3n) is 1.65. The normalized spacial score (nSPS) is 11.2. The summed E-state index contributed by atoms with van der Waals surface area (Å²) in [5, 5.41) is 0. The van der Waals surface area contributed by atoms with Gasteiger partial charge in [-0.15, -0.1) is 11.8 Å². The van der Waals surface area contributed by atoms with E-state index in [0.29, 0.717) is 0 Å². The molecule has 0 aliphatic carbocycles. The summed E-state index contributed by atoms with van der Waals surface area (Å²) >= 11 is 1.73. The molecule has 0 unspecified atom stereocenters. The maximum atomic E-state index is 5.59. The first-order valence-corrected chi connectivity index (χ1v) is 5.28. The van der Waals surface area contributed by atoms with Crippen LogP contribution in [0.3, 0.4) is 0 Å². The quantitative estimate of drug-likeness (QED) is 0.692. The molecule has 1 radical (unpaired) electrons. The van der Waals surface area contributed by atoms with Gasteiger partial charge in [-0.3, -0.25) is 0 Å². The zero-order valence-corrected chi connectivity index (χ0v) is 9.28. The van der Waals surface area contributed by atoms with Crippen LogP contribution in [0.25, 0.3) is 0 Å². The van der Waals surface area contributed by atoms with Gasteiger partial charge in [-0.25, -0.2) is 0 Å². The van der Waals surface area contributed by atoms with E-state index in [4.69, 9.17) is 4.42 Å². The minimum absolute atomic E-state index is 0.849. The molecule has 0 saturated carbocycles. The lowest BCUT2D eigenvalue weighted by Crippen LogP contribution is -2.09. The monoisotopic (exact) mass is 198 g/mol. The molecule has 0 fully saturated rings. The summed E-state index contributed by atoms with van der Waals surface area (Å²) in [5.74, 6) is 2.88. The zero-order chi connectivity index (χ0) is 9.84. The Morgan fingerprint density at radius 1 is 1.54 bits per heavy atom. The molecule has 0 atom stereocenters. The molecule has 0 saturated heterocycles. The van der Waals surface area contributed by atoms with Gasteiger partial charge >= 0.3 is 0 Å². The highest BCUT2D eigenvalue weighted by Gasteiger charge is 2.07. The second kappa shape index (κ2) is 4.72. The molecule has 0 bridgehead atoms. The van der Waals surface area contributed by atoms with Crippen LogP contribution in [0, 0.1) is 13.8 Å². The maximum absolute atomic E-state index is 5.59. The zero-order valence-electron chi connectivity index (χ0n) is 8.46. The Labute approximate surface area is 84.3 Å². The molecule has 0 N–H and O–H groups in total.